The van der Waals surface area contributed by atoms with Crippen molar-refractivity contribution in [1.29, 1.82) is 0 Å². The fraction of sp³-hybridized carbons (Fsp3) is 0.414. The molecule has 2 aromatic carbocycles. The molecule has 2 heterocycles. The summed E-state index contributed by atoms with van der Waals surface area (Å²) in [5.74, 6) is 1.91. The van der Waals surface area contributed by atoms with E-state index < -0.39 is 10.0 Å². The predicted octanol–water partition coefficient (Wildman–Crippen LogP) is 3.72. The first-order valence-electron chi connectivity index (χ1n) is 13.8. The molecule has 0 atom stereocenters. The quantitative estimate of drug-likeness (QED) is 0.229. The van der Waals surface area contributed by atoms with Gasteiger partial charge < -0.3 is 19.6 Å². The summed E-state index contributed by atoms with van der Waals surface area (Å²) in [4.78, 5) is 20.4. The van der Waals surface area contributed by atoms with Crippen LogP contribution in [-0.2, 0) is 23.0 Å². The average Bonchev–Trinajstić information content (AvgIpc) is 3.27. The molecule has 0 aliphatic rings. The second-order valence-electron chi connectivity index (χ2n) is 9.51. The third-order valence-corrected chi connectivity index (χ3v) is 8.36. The lowest BCUT2D eigenvalue weighted by molar-refractivity contribution is 0.267. The van der Waals surface area contributed by atoms with Crippen LogP contribution >= 0.6 is 0 Å². The zero-order chi connectivity index (χ0) is 29.6. The summed E-state index contributed by atoms with van der Waals surface area (Å²) in [5.41, 5.74) is 1.66. The van der Waals surface area contributed by atoms with Gasteiger partial charge in [0, 0.05) is 26.1 Å². The molecule has 0 aliphatic heterocycles. The fourth-order valence-electron chi connectivity index (χ4n) is 4.62. The van der Waals surface area contributed by atoms with Crippen LogP contribution in [0.3, 0.4) is 0 Å². The normalized spacial score (nSPS) is 11.9. The van der Waals surface area contributed by atoms with Gasteiger partial charge in [-0.3, -0.25) is 4.79 Å². The minimum absolute atomic E-state index is 0.0122. The van der Waals surface area contributed by atoms with Gasteiger partial charge in [0.05, 0.1) is 29.4 Å². The van der Waals surface area contributed by atoms with Gasteiger partial charge in [-0.15, -0.1) is 5.10 Å². The lowest BCUT2D eigenvalue weighted by Crippen LogP contribution is -2.32. The predicted molar refractivity (Wildman–Crippen MR) is 156 cm³/mol. The highest BCUT2D eigenvalue weighted by molar-refractivity contribution is 7.89. The number of nitrogens with zero attached hydrogens (tertiary/aromatic N) is 4. The number of aryl methyl sites for hydroxylation is 2. The molecule has 2 N–H and O–H groups in total. The number of ether oxygens (including phenoxy) is 2. The van der Waals surface area contributed by atoms with Gasteiger partial charge in [-0.25, -0.2) is 17.9 Å². The number of hydrogen-bond acceptors (Lipinski definition) is 8. The topological polar surface area (TPSA) is 139 Å². The van der Waals surface area contributed by atoms with Gasteiger partial charge in [-0.2, -0.15) is 4.31 Å². The van der Waals surface area contributed by atoms with Crippen molar-refractivity contribution in [2.24, 2.45) is 0 Å². The molecule has 0 spiro atoms. The smallest absolute Gasteiger partial charge is 0.277 e. The molecule has 4 aromatic rings. The van der Waals surface area contributed by atoms with Gasteiger partial charge in [-0.05, 0) is 69.5 Å². The number of sulfonamides is 1. The van der Waals surface area contributed by atoms with E-state index in [1.165, 1.54) is 21.0 Å². The SMILES string of the molecule is CCCc1nc(C)c2c(=O)[nH]c(-c3cc(S(=O)(=O)N(CCCO)Cc4ccc(OCC)cc4)ccc3OCC)nn12. The minimum atomic E-state index is -4.02. The Bertz CT molecular complexity index is 1650. The maximum Gasteiger partial charge on any atom is 0.277 e. The molecular formula is C29H37N5O6S. The van der Waals surface area contributed by atoms with E-state index in [0.717, 1.165) is 12.0 Å². The number of H-pyrrole nitrogens is 1. The van der Waals surface area contributed by atoms with Crippen molar-refractivity contribution >= 4 is 15.5 Å². The Morgan fingerprint density at radius 2 is 1.78 bits per heavy atom. The first-order chi connectivity index (χ1) is 19.7. The van der Waals surface area contributed by atoms with Gasteiger partial charge in [0.2, 0.25) is 10.0 Å². The highest BCUT2D eigenvalue weighted by atomic mass is 32.2. The monoisotopic (exact) mass is 583 g/mol. The van der Waals surface area contributed by atoms with Crippen LogP contribution in [0.5, 0.6) is 11.5 Å². The lowest BCUT2D eigenvalue weighted by atomic mass is 10.2. The van der Waals surface area contributed by atoms with E-state index in [4.69, 9.17) is 9.47 Å². The van der Waals surface area contributed by atoms with Gasteiger partial charge in [0.25, 0.3) is 5.56 Å². The van der Waals surface area contributed by atoms with Crippen molar-refractivity contribution < 1.29 is 23.0 Å². The number of aliphatic hydroxyl groups excluding tert-OH is 1. The van der Waals surface area contributed by atoms with Crippen LogP contribution < -0.4 is 15.0 Å². The second-order valence-corrected chi connectivity index (χ2v) is 11.4. The van der Waals surface area contributed by atoms with Gasteiger partial charge in [0.15, 0.2) is 11.3 Å². The largest absolute Gasteiger partial charge is 0.494 e. The van der Waals surface area contributed by atoms with Gasteiger partial charge in [0.1, 0.15) is 17.3 Å². The zero-order valence-corrected chi connectivity index (χ0v) is 24.7. The van der Waals surface area contributed by atoms with E-state index in [0.29, 0.717) is 53.7 Å². The molecule has 0 unspecified atom stereocenters. The van der Waals surface area contributed by atoms with Crippen LogP contribution in [-0.4, -0.2) is 63.8 Å². The third-order valence-electron chi connectivity index (χ3n) is 6.52. The summed E-state index contributed by atoms with van der Waals surface area (Å²) in [6.07, 6.45) is 1.72. The summed E-state index contributed by atoms with van der Waals surface area (Å²) >= 11 is 0. The molecule has 0 amide bonds. The average molecular weight is 584 g/mol. The van der Waals surface area contributed by atoms with E-state index in [9.17, 15) is 18.3 Å². The van der Waals surface area contributed by atoms with Gasteiger partial charge in [-0.1, -0.05) is 19.1 Å². The Morgan fingerprint density at radius 3 is 2.44 bits per heavy atom. The Morgan fingerprint density at radius 1 is 1.05 bits per heavy atom. The number of aliphatic hydroxyl groups is 1. The molecule has 0 saturated heterocycles. The molecule has 0 bridgehead atoms. The second kappa shape index (κ2) is 13.3. The summed E-state index contributed by atoms with van der Waals surface area (Å²) in [7, 11) is -4.02. The number of hydrogen-bond donors (Lipinski definition) is 2. The summed E-state index contributed by atoms with van der Waals surface area (Å²) < 4.78 is 42.1. The molecular weight excluding hydrogens is 546 g/mol. The summed E-state index contributed by atoms with van der Waals surface area (Å²) in [6.45, 7) is 8.42. The number of aromatic amines is 1. The van der Waals surface area contributed by atoms with Crippen molar-refractivity contribution in [3.63, 3.8) is 0 Å². The Balaban J connectivity index is 1.79. The van der Waals surface area contributed by atoms with Crippen LogP contribution in [0.4, 0.5) is 0 Å². The van der Waals surface area contributed by atoms with Crippen molar-refractivity contribution in [1.82, 2.24) is 23.9 Å². The van der Waals surface area contributed by atoms with Crippen molar-refractivity contribution in [2.75, 3.05) is 26.4 Å². The first kappa shape index (κ1) is 30.2. The molecule has 41 heavy (non-hydrogen) atoms. The molecule has 11 nitrogen and oxygen atoms in total. The molecule has 0 radical (unpaired) electrons. The number of rotatable bonds is 14. The molecule has 0 fully saturated rings. The van der Waals surface area contributed by atoms with Crippen molar-refractivity contribution in [3.05, 3.63) is 69.9 Å². The van der Waals surface area contributed by atoms with E-state index in [1.54, 1.807) is 25.1 Å². The van der Waals surface area contributed by atoms with Crippen molar-refractivity contribution in [3.8, 4) is 22.9 Å². The number of aromatic nitrogens is 4. The molecule has 2 aromatic heterocycles. The molecule has 220 valence electrons. The maximum atomic E-state index is 14.0. The van der Waals surface area contributed by atoms with E-state index in [1.807, 2.05) is 32.9 Å². The van der Waals surface area contributed by atoms with Crippen LogP contribution in [0.25, 0.3) is 16.9 Å². The standard InChI is InChI=1S/C29H37N5O6S/c1-5-9-26-30-20(4)27-29(36)31-28(32-34(26)27)24-18-23(14-15-25(24)40-7-3)41(37,38)33(16-8-17-35)19-21-10-12-22(13-11-21)39-6-2/h10-15,18,35H,5-9,16-17,19H2,1-4H3,(H,31,32,36). The summed E-state index contributed by atoms with van der Waals surface area (Å²) in [5, 5.41) is 14.1. The van der Waals surface area contributed by atoms with Gasteiger partial charge >= 0.3 is 0 Å². The highest BCUT2D eigenvalue weighted by Gasteiger charge is 2.27. The number of imidazole rings is 1. The Kier molecular flexibility index (Phi) is 9.79. The zero-order valence-electron chi connectivity index (χ0n) is 23.9. The van der Waals surface area contributed by atoms with Crippen LogP contribution in [0.1, 0.15) is 50.7 Å². The molecule has 0 saturated carbocycles. The van der Waals surface area contributed by atoms with Crippen molar-refractivity contribution in [2.45, 2.75) is 58.4 Å². The van der Waals surface area contributed by atoms with E-state index >= 15 is 0 Å². The lowest BCUT2D eigenvalue weighted by Gasteiger charge is -2.23. The first-order valence-corrected chi connectivity index (χ1v) is 15.3. The fourth-order valence-corrected chi connectivity index (χ4v) is 6.11. The molecule has 4 rings (SSSR count). The minimum Gasteiger partial charge on any atom is -0.494 e. The number of fused-ring (bicyclic) bond motifs is 1. The Labute approximate surface area is 239 Å². The molecule has 12 heteroatoms. The number of nitrogens with one attached hydrogen (secondary N) is 1. The molecule has 0 aliphatic carbocycles. The van der Waals surface area contributed by atoms with Crippen LogP contribution in [0.2, 0.25) is 0 Å². The van der Waals surface area contributed by atoms with E-state index in [2.05, 4.69) is 15.1 Å². The van der Waals surface area contributed by atoms with Crippen LogP contribution in [0, 0.1) is 6.92 Å². The highest BCUT2D eigenvalue weighted by Crippen LogP contribution is 2.32. The van der Waals surface area contributed by atoms with Crippen LogP contribution in [0.15, 0.2) is 52.2 Å². The number of benzene rings is 2. The summed E-state index contributed by atoms with van der Waals surface area (Å²) in [6, 6.07) is 11.8. The maximum absolute atomic E-state index is 14.0. The Hall–Kier alpha value is -3.74. The van der Waals surface area contributed by atoms with E-state index in [-0.39, 0.29) is 42.4 Å². The third kappa shape index (κ3) is 6.61.